The van der Waals surface area contributed by atoms with E-state index in [9.17, 15) is 18.0 Å². The molecule has 0 saturated heterocycles. The second kappa shape index (κ2) is 8.33. The molecular formula is C21H18F3N5O3. The lowest BCUT2D eigenvalue weighted by molar-refractivity contribution is -0.137. The number of amides is 1. The van der Waals surface area contributed by atoms with Crippen LogP contribution in [0.25, 0.3) is 5.65 Å². The number of hydrogen-bond donors (Lipinski definition) is 1. The summed E-state index contributed by atoms with van der Waals surface area (Å²) in [5, 5.41) is 14.2. The normalized spacial score (nSPS) is 11.7. The molecule has 32 heavy (non-hydrogen) atoms. The molecule has 1 aromatic carbocycles. The molecule has 0 unspecified atom stereocenters. The van der Waals surface area contributed by atoms with Crippen molar-refractivity contribution in [1.82, 2.24) is 25.1 Å². The summed E-state index contributed by atoms with van der Waals surface area (Å²) in [4.78, 5) is 12.4. The Labute approximate surface area is 180 Å². The van der Waals surface area contributed by atoms with Gasteiger partial charge < -0.3 is 14.6 Å². The molecule has 11 heteroatoms. The Hall–Kier alpha value is -3.89. The zero-order valence-corrected chi connectivity index (χ0v) is 17.1. The molecule has 0 atom stereocenters. The molecule has 0 aliphatic rings. The minimum atomic E-state index is -4.49. The van der Waals surface area contributed by atoms with Gasteiger partial charge in [-0.25, -0.2) is 0 Å². The number of aryl methyl sites for hydroxylation is 2. The van der Waals surface area contributed by atoms with Crippen molar-refractivity contribution in [3.05, 3.63) is 76.6 Å². The Bertz CT molecular complexity index is 1240. The predicted octanol–water partition coefficient (Wildman–Crippen LogP) is 3.86. The van der Waals surface area contributed by atoms with Gasteiger partial charge in [-0.15, -0.1) is 10.2 Å². The lowest BCUT2D eigenvalue weighted by Gasteiger charge is -2.09. The minimum Gasteiger partial charge on any atom is -0.489 e. The maximum atomic E-state index is 13.0. The van der Waals surface area contributed by atoms with E-state index in [1.54, 1.807) is 31.2 Å². The summed E-state index contributed by atoms with van der Waals surface area (Å²) in [7, 11) is 0. The van der Waals surface area contributed by atoms with E-state index in [-0.39, 0.29) is 24.6 Å². The van der Waals surface area contributed by atoms with E-state index in [1.807, 2.05) is 6.92 Å². The molecule has 0 spiro atoms. The number of nitrogens with zero attached hydrogens (tertiary/aromatic N) is 4. The predicted molar refractivity (Wildman–Crippen MR) is 106 cm³/mol. The van der Waals surface area contributed by atoms with Crippen molar-refractivity contribution in [2.75, 3.05) is 0 Å². The number of pyridine rings is 1. The number of aromatic nitrogens is 4. The highest BCUT2D eigenvalue weighted by Crippen LogP contribution is 2.29. The first-order valence-corrected chi connectivity index (χ1v) is 9.56. The van der Waals surface area contributed by atoms with E-state index < -0.39 is 17.6 Å². The topological polar surface area (TPSA) is 94.5 Å². The van der Waals surface area contributed by atoms with E-state index >= 15 is 0 Å². The largest absolute Gasteiger partial charge is 0.489 e. The molecular weight excluding hydrogens is 427 g/mol. The van der Waals surface area contributed by atoms with Crippen molar-refractivity contribution in [2.45, 2.75) is 33.2 Å². The van der Waals surface area contributed by atoms with E-state index in [4.69, 9.17) is 9.26 Å². The maximum Gasteiger partial charge on any atom is 0.417 e. The molecule has 3 heterocycles. The molecule has 0 aliphatic heterocycles. The van der Waals surface area contributed by atoms with Crippen molar-refractivity contribution in [3.8, 4) is 5.75 Å². The number of benzene rings is 1. The highest BCUT2D eigenvalue weighted by Gasteiger charge is 2.31. The van der Waals surface area contributed by atoms with Crippen molar-refractivity contribution in [1.29, 1.82) is 0 Å². The number of fused-ring (bicyclic) bond motifs is 1. The Balaban J connectivity index is 1.39. The minimum absolute atomic E-state index is 0.0917. The number of ether oxygens (including phenoxy) is 1. The number of rotatable bonds is 6. The van der Waals surface area contributed by atoms with Crippen molar-refractivity contribution in [3.63, 3.8) is 0 Å². The number of hydrogen-bond acceptors (Lipinski definition) is 6. The van der Waals surface area contributed by atoms with Gasteiger partial charge >= 0.3 is 6.18 Å². The highest BCUT2D eigenvalue weighted by atomic mass is 19.4. The smallest absolute Gasteiger partial charge is 0.417 e. The van der Waals surface area contributed by atoms with E-state index in [0.717, 1.165) is 23.5 Å². The van der Waals surface area contributed by atoms with Gasteiger partial charge in [-0.2, -0.15) is 13.2 Å². The van der Waals surface area contributed by atoms with E-state index in [0.29, 0.717) is 17.1 Å². The van der Waals surface area contributed by atoms with Crippen LogP contribution in [-0.4, -0.2) is 25.7 Å². The quantitative estimate of drug-likeness (QED) is 0.484. The molecule has 0 fully saturated rings. The van der Waals surface area contributed by atoms with Crippen LogP contribution in [0.3, 0.4) is 0 Å². The molecule has 0 saturated carbocycles. The van der Waals surface area contributed by atoms with Crippen LogP contribution in [0, 0.1) is 13.8 Å². The van der Waals surface area contributed by atoms with Gasteiger partial charge in [0.2, 0.25) is 0 Å². The van der Waals surface area contributed by atoms with Gasteiger partial charge in [0.15, 0.2) is 11.5 Å². The fraction of sp³-hybridized carbons (Fsp3) is 0.238. The van der Waals surface area contributed by atoms with Crippen LogP contribution in [0.1, 0.15) is 38.8 Å². The van der Waals surface area contributed by atoms with Crippen molar-refractivity contribution in [2.24, 2.45) is 0 Å². The average Bonchev–Trinajstić information content (AvgIpc) is 3.32. The van der Waals surface area contributed by atoms with Gasteiger partial charge in [0.1, 0.15) is 18.1 Å². The third kappa shape index (κ3) is 4.41. The lowest BCUT2D eigenvalue weighted by Crippen LogP contribution is -2.24. The van der Waals surface area contributed by atoms with Crippen molar-refractivity contribution < 1.29 is 27.2 Å². The monoisotopic (exact) mass is 445 g/mol. The molecule has 0 radical (unpaired) electrons. The van der Waals surface area contributed by atoms with Crippen LogP contribution in [0.2, 0.25) is 0 Å². The van der Waals surface area contributed by atoms with Crippen LogP contribution < -0.4 is 10.1 Å². The van der Waals surface area contributed by atoms with E-state index in [2.05, 4.69) is 20.7 Å². The molecule has 166 valence electrons. The van der Waals surface area contributed by atoms with Gasteiger partial charge in [0.05, 0.1) is 23.4 Å². The average molecular weight is 445 g/mol. The summed E-state index contributed by atoms with van der Waals surface area (Å²) < 4.78 is 50.9. The summed E-state index contributed by atoms with van der Waals surface area (Å²) in [5.74, 6) is 1.01. The summed E-state index contributed by atoms with van der Waals surface area (Å²) in [6, 6.07) is 8.62. The Morgan fingerprint density at radius 3 is 2.53 bits per heavy atom. The molecule has 3 aromatic heterocycles. The maximum absolute atomic E-state index is 13.0. The summed E-state index contributed by atoms with van der Waals surface area (Å²) in [6.07, 6.45) is -3.59. The Morgan fingerprint density at radius 1 is 1.12 bits per heavy atom. The zero-order valence-electron chi connectivity index (χ0n) is 17.1. The summed E-state index contributed by atoms with van der Waals surface area (Å²) in [6.45, 7) is 3.82. The molecule has 8 nitrogen and oxygen atoms in total. The molecule has 4 rings (SSSR count). The summed E-state index contributed by atoms with van der Waals surface area (Å²) in [5.41, 5.74) is 1.40. The number of halogens is 3. The standard InChI is InChI=1S/C21H18F3N5O3/c1-12-17(13(2)32-28-12)11-31-16-6-3-14(4-7-16)20(30)25-9-19-27-26-18-8-5-15(10-29(18)19)21(22,23)24/h3-8,10H,9,11H2,1-2H3,(H,25,30). The molecule has 4 aromatic rings. The molecule has 1 N–H and O–H groups in total. The third-order valence-corrected chi connectivity index (χ3v) is 4.89. The van der Waals surface area contributed by atoms with Crippen LogP contribution >= 0.6 is 0 Å². The second-order valence-electron chi connectivity index (χ2n) is 7.06. The molecule has 0 bridgehead atoms. The SMILES string of the molecule is Cc1noc(C)c1COc1ccc(C(=O)NCc2nnc3ccc(C(F)(F)F)cn23)cc1. The van der Waals surface area contributed by atoms with Gasteiger partial charge in [-0.1, -0.05) is 5.16 Å². The number of carbonyl (C=O) groups excluding carboxylic acids is 1. The van der Waals surface area contributed by atoms with Crippen LogP contribution in [0.4, 0.5) is 13.2 Å². The van der Waals surface area contributed by atoms with Crippen LogP contribution in [0.15, 0.2) is 47.1 Å². The first-order chi connectivity index (χ1) is 15.2. The third-order valence-electron chi connectivity index (χ3n) is 4.89. The highest BCUT2D eigenvalue weighted by molar-refractivity contribution is 5.94. The number of alkyl halides is 3. The lowest BCUT2D eigenvalue weighted by atomic mass is 10.2. The van der Waals surface area contributed by atoms with Crippen LogP contribution in [0.5, 0.6) is 5.75 Å². The van der Waals surface area contributed by atoms with Crippen molar-refractivity contribution >= 4 is 11.6 Å². The first-order valence-electron chi connectivity index (χ1n) is 9.56. The number of carbonyl (C=O) groups is 1. The Morgan fingerprint density at radius 2 is 1.88 bits per heavy atom. The number of nitrogens with one attached hydrogen (secondary N) is 1. The fourth-order valence-electron chi connectivity index (χ4n) is 3.05. The van der Waals surface area contributed by atoms with Gasteiger partial charge in [-0.05, 0) is 50.2 Å². The fourth-order valence-corrected chi connectivity index (χ4v) is 3.05. The molecule has 1 amide bonds. The zero-order chi connectivity index (χ0) is 22.9. The van der Waals surface area contributed by atoms with Gasteiger partial charge in [0, 0.05) is 11.8 Å². The van der Waals surface area contributed by atoms with Gasteiger partial charge in [-0.3, -0.25) is 9.20 Å². The van der Waals surface area contributed by atoms with E-state index in [1.165, 1.54) is 10.5 Å². The summed E-state index contributed by atoms with van der Waals surface area (Å²) >= 11 is 0. The molecule has 0 aliphatic carbocycles. The van der Waals surface area contributed by atoms with Crippen LogP contribution in [-0.2, 0) is 19.3 Å². The first kappa shape index (κ1) is 21.3. The Kier molecular flexibility index (Phi) is 5.56. The van der Waals surface area contributed by atoms with Gasteiger partial charge in [0.25, 0.3) is 5.91 Å². The second-order valence-corrected chi connectivity index (χ2v) is 7.06.